The minimum Gasteiger partial charge on any atom is -0.309 e. The van der Waals surface area contributed by atoms with Gasteiger partial charge in [0.05, 0.1) is 0 Å². The molecule has 0 aliphatic heterocycles. The van der Waals surface area contributed by atoms with Crippen molar-refractivity contribution in [3.05, 3.63) is 57.8 Å². The van der Waals surface area contributed by atoms with Gasteiger partial charge < -0.3 is 5.32 Å². The Morgan fingerprint density at radius 1 is 1.10 bits per heavy atom. The summed E-state index contributed by atoms with van der Waals surface area (Å²) < 4.78 is 0. The molecule has 2 heteroatoms. The molecule has 2 atom stereocenters. The molecule has 2 unspecified atom stereocenters. The maximum atomic E-state index is 3.77. The molecule has 108 valence electrons. The lowest BCUT2D eigenvalue weighted by atomic mass is 9.87. The number of benzene rings is 1. The zero-order valence-corrected chi connectivity index (χ0v) is 13.5. The fraction of sp³-hybridized carbons (Fsp3) is 0.444. The Labute approximate surface area is 127 Å². The van der Waals surface area contributed by atoms with Gasteiger partial charge in [0.25, 0.3) is 0 Å². The van der Waals surface area contributed by atoms with Crippen LogP contribution in [0, 0.1) is 6.92 Å². The van der Waals surface area contributed by atoms with Crippen LogP contribution < -0.4 is 5.32 Å². The molecule has 0 spiro atoms. The lowest BCUT2D eigenvalue weighted by Gasteiger charge is -2.28. The Morgan fingerprint density at radius 3 is 2.40 bits per heavy atom. The fourth-order valence-electron chi connectivity index (χ4n) is 2.78. The average molecular weight is 287 g/mol. The van der Waals surface area contributed by atoms with Gasteiger partial charge in [-0.3, -0.25) is 0 Å². The fourth-order valence-corrected chi connectivity index (χ4v) is 3.85. The standard InChI is InChI=1S/C18H25NS/c1-4-12-19-17(18-14(3)11-13-20-18)16(5-2)15-9-7-6-8-10-15/h6-11,13,16-17,19H,4-5,12H2,1-3H3. The van der Waals surface area contributed by atoms with Crippen molar-refractivity contribution < 1.29 is 0 Å². The second kappa shape index (κ2) is 7.61. The van der Waals surface area contributed by atoms with Crippen LogP contribution in [0.5, 0.6) is 0 Å². The van der Waals surface area contributed by atoms with Gasteiger partial charge >= 0.3 is 0 Å². The highest BCUT2D eigenvalue weighted by Crippen LogP contribution is 2.37. The van der Waals surface area contributed by atoms with E-state index in [0.29, 0.717) is 12.0 Å². The first-order valence-corrected chi connectivity index (χ1v) is 8.48. The van der Waals surface area contributed by atoms with Gasteiger partial charge in [-0.05, 0) is 48.9 Å². The second-order valence-electron chi connectivity index (χ2n) is 5.33. The molecule has 2 rings (SSSR count). The van der Waals surface area contributed by atoms with Gasteiger partial charge in [0.15, 0.2) is 0 Å². The van der Waals surface area contributed by atoms with Crippen LogP contribution in [0.3, 0.4) is 0 Å². The van der Waals surface area contributed by atoms with E-state index in [4.69, 9.17) is 0 Å². The first-order chi connectivity index (χ1) is 9.77. The molecule has 0 bridgehead atoms. The maximum absolute atomic E-state index is 3.77. The molecule has 1 N–H and O–H groups in total. The van der Waals surface area contributed by atoms with Crippen LogP contribution in [0.1, 0.15) is 54.7 Å². The van der Waals surface area contributed by atoms with Crippen molar-refractivity contribution in [2.24, 2.45) is 0 Å². The zero-order chi connectivity index (χ0) is 14.4. The molecule has 1 aromatic heterocycles. The molecule has 1 aromatic carbocycles. The van der Waals surface area contributed by atoms with Crippen molar-refractivity contribution in [1.29, 1.82) is 0 Å². The van der Waals surface area contributed by atoms with Crippen LogP contribution >= 0.6 is 11.3 Å². The summed E-state index contributed by atoms with van der Waals surface area (Å²) >= 11 is 1.88. The Hall–Kier alpha value is -1.12. The quantitative estimate of drug-likeness (QED) is 0.729. The number of nitrogens with one attached hydrogen (secondary N) is 1. The smallest absolute Gasteiger partial charge is 0.0486 e. The summed E-state index contributed by atoms with van der Waals surface area (Å²) in [6.45, 7) is 7.82. The molecule has 0 aliphatic rings. The second-order valence-corrected chi connectivity index (χ2v) is 6.27. The molecule has 0 aliphatic carbocycles. The van der Waals surface area contributed by atoms with E-state index in [1.807, 2.05) is 11.3 Å². The molecular formula is C18H25NS. The van der Waals surface area contributed by atoms with Crippen molar-refractivity contribution in [2.75, 3.05) is 6.54 Å². The van der Waals surface area contributed by atoms with Crippen LogP contribution in [-0.2, 0) is 0 Å². The van der Waals surface area contributed by atoms with Crippen LogP contribution in [0.4, 0.5) is 0 Å². The molecule has 0 saturated heterocycles. The maximum Gasteiger partial charge on any atom is 0.0486 e. The zero-order valence-electron chi connectivity index (χ0n) is 12.7. The van der Waals surface area contributed by atoms with Crippen molar-refractivity contribution in [3.63, 3.8) is 0 Å². The van der Waals surface area contributed by atoms with E-state index in [9.17, 15) is 0 Å². The number of hydrogen-bond donors (Lipinski definition) is 1. The molecule has 2 aromatic rings. The highest BCUT2D eigenvalue weighted by molar-refractivity contribution is 7.10. The minimum atomic E-state index is 0.433. The van der Waals surface area contributed by atoms with E-state index in [-0.39, 0.29) is 0 Å². The molecule has 0 fully saturated rings. The Balaban J connectivity index is 2.31. The lowest BCUT2D eigenvalue weighted by molar-refractivity contribution is 0.440. The topological polar surface area (TPSA) is 12.0 Å². The number of rotatable bonds is 7. The van der Waals surface area contributed by atoms with Gasteiger partial charge in [0.1, 0.15) is 0 Å². The summed E-state index contributed by atoms with van der Waals surface area (Å²) in [5.74, 6) is 0.542. The van der Waals surface area contributed by atoms with Crippen molar-refractivity contribution in [3.8, 4) is 0 Å². The predicted molar refractivity (Wildman–Crippen MR) is 89.6 cm³/mol. The van der Waals surface area contributed by atoms with Crippen molar-refractivity contribution in [2.45, 2.75) is 45.6 Å². The third-order valence-electron chi connectivity index (χ3n) is 3.87. The molecule has 0 amide bonds. The number of aryl methyl sites for hydroxylation is 1. The van der Waals surface area contributed by atoms with Gasteiger partial charge in [-0.25, -0.2) is 0 Å². The largest absolute Gasteiger partial charge is 0.309 e. The minimum absolute atomic E-state index is 0.433. The highest BCUT2D eigenvalue weighted by atomic mass is 32.1. The summed E-state index contributed by atoms with van der Waals surface area (Å²) in [6, 6.07) is 13.6. The predicted octanol–water partition coefficient (Wildman–Crippen LogP) is 5.29. The molecule has 1 nitrogen and oxygen atoms in total. The van der Waals surface area contributed by atoms with E-state index in [0.717, 1.165) is 13.0 Å². The van der Waals surface area contributed by atoms with Crippen LogP contribution in [0.15, 0.2) is 41.8 Å². The SMILES string of the molecule is CCCNC(c1sccc1C)C(CC)c1ccccc1. The molecular weight excluding hydrogens is 262 g/mol. The molecule has 1 heterocycles. The van der Waals surface area contributed by atoms with Crippen molar-refractivity contribution in [1.82, 2.24) is 5.32 Å². The first kappa shape index (κ1) is 15.3. The van der Waals surface area contributed by atoms with Crippen LogP contribution in [0.25, 0.3) is 0 Å². The summed E-state index contributed by atoms with van der Waals surface area (Å²) in [7, 11) is 0. The average Bonchev–Trinajstić information content (AvgIpc) is 2.90. The molecule has 0 saturated carbocycles. The van der Waals surface area contributed by atoms with E-state index in [2.05, 4.69) is 67.9 Å². The number of hydrogen-bond acceptors (Lipinski definition) is 2. The summed E-state index contributed by atoms with van der Waals surface area (Å²) in [5, 5.41) is 5.98. The molecule has 20 heavy (non-hydrogen) atoms. The Bertz CT molecular complexity index is 503. The third-order valence-corrected chi connectivity index (χ3v) is 4.97. The Kier molecular flexibility index (Phi) is 5.81. The van der Waals surface area contributed by atoms with E-state index < -0.39 is 0 Å². The van der Waals surface area contributed by atoms with Gasteiger partial charge in [-0.15, -0.1) is 11.3 Å². The third kappa shape index (κ3) is 3.50. The van der Waals surface area contributed by atoms with Crippen LogP contribution in [-0.4, -0.2) is 6.54 Å². The lowest BCUT2D eigenvalue weighted by Crippen LogP contribution is -2.27. The molecule has 0 radical (unpaired) electrons. The van der Waals surface area contributed by atoms with E-state index >= 15 is 0 Å². The van der Waals surface area contributed by atoms with Crippen LogP contribution in [0.2, 0.25) is 0 Å². The monoisotopic (exact) mass is 287 g/mol. The van der Waals surface area contributed by atoms with E-state index in [1.165, 1.54) is 22.4 Å². The van der Waals surface area contributed by atoms with Gasteiger partial charge in [0, 0.05) is 16.8 Å². The highest BCUT2D eigenvalue weighted by Gasteiger charge is 2.24. The van der Waals surface area contributed by atoms with Gasteiger partial charge in [-0.2, -0.15) is 0 Å². The Morgan fingerprint density at radius 2 is 1.85 bits per heavy atom. The number of thiophene rings is 1. The van der Waals surface area contributed by atoms with Crippen molar-refractivity contribution >= 4 is 11.3 Å². The summed E-state index contributed by atoms with van der Waals surface area (Å²) in [4.78, 5) is 1.49. The summed E-state index contributed by atoms with van der Waals surface area (Å²) in [5.41, 5.74) is 2.86. The normalized spacial score (nSPS) is 14.2. The van der Waals surface area contributed by atoms with E-state index in [1.54, 1.807) is 0 Å². The van der Waals surface area contributed by atoms with Gasteiger partial charge in [0.2, 0.25) is 0 Å². The summed E-state index contributed by atoms with van der Waals surface area (Å²) in [6.07, 6.45) is 2.33. The van der Waals surface area contributed by atoms with Gasteiger partial charge in [-0.1, -0.05) is 44.2 Å². The first-order valence-electron chi connectivity index (χ1n) is 7.60.